The van der Waals surface area contributed by atoms with Crippen molar-refractivity contribution in [2.24, 2.45) is 5.41 Å². The van der Waals surface area contributed by atoms with Gasteiger partial charge in [0.15, 0.2) is 0 Å². The Morgan fingerprint density at radius 2 is 2.11 bits per heavy atom. The molecule has 0 atom stereocenters. The van der Waals surface area contributed by atoms with Crippen LogP contribution in [0.5, 0.6) is 0 Å². The number of hydrogen-bond acceptors (Lipinski definition) is 3. The molecule has 1 rings (SSSR count). The van der Waals surface area contributed by atoms with E-state index in [1.54, 1.807) is 0 Å². The lowest BCUT2D eigenvalue weighted by atomic mass is 9.89. The van der Waals surface area contributed by atoms with Crippen LogP contribution < -0.4 is 5.32 Å². The van der Waals surface area contributed by atoms with E-state index in [2.05, 4.69) is 22.4 Å². The van der Waals surface area contributed by atoms with Crippen molar-refractivity contribution >= 4 is 0 Å². The molecule has 0 radical (unpaired) electrons. The van der Waals surface area contributed by atoms with Gasteiger partial charge in [0.25, 0.3) is 0 Å². The summed E-state index contributed by atoms with van der Waals surface area (Å²) in [6.45, 7) is 6.00. The summed E-state index contributed by atoms with van der Waals surface area (Å²) >= 11 is 0. The number of rotatable bonds is 8. The molecule has 1 aromatic rings. The number of nitrogens with zero attached hydrogens (tertiary/aromatic N) is 2. The first kappa shape index (κ1) is 14.7. The first-order chi connectivity index (χ1) is 8.64. The Kier molecular flexibility index (Phi) is 6.38. The molecule has 0 fully saturated rings. The molecule has 0 bridgehead atoms. The highest BCUT2D eigenvalue weighted by Crippen LogP contribution is 2.21. The van der Waals surface area contributed by atoms with Gasteiger partial charge in [-0.3, -0.25) is 4.98 Å². The van der Waals surface area contributed by atoms with Gasteiger partial charge in [-0.1, -0.05) is 12.5 Å². The van der Waals surface area contributed by atoms with E-state index in [1.165, 1.54) is 0 Å². The van der Waals surface area contributed by atoms with E-state index in [-0.39, 0.29) is 5.41 Å². The third-order valence-electron chi connectivity index (χ3n) is 2.99. The molecule has 0 aliphatic heterocycles. The van der Waals surface area contributed by atoms with Gasteiger partial charge in [-0.25, -0.2) is 0 Å². The van der Waals surface area contributed by atoms with Gasteiger partial charge < -0.3 is 5.32 Å². The second-order valence-electron chi connectivity index (χ2n) is 5.27. The highest BCUT2D eigenvalue weighted by atomic mass is 14.8. The van der Waals surface area contributed by atoms with Gasteiger partial charge in [0.2, 0.25) is 0 Å². The summed E-state index contributed by atoms with van der Waals surface area (Å²) in [4.78, 5) is 4.28. The molecule has 98 valence electrons. The maximum absolute atomic E-state index is 8.89. The third kappa shape index (κ3) is 6.36. The summed E-state index contributed by atoms with van der Waals surface area (Å²) in [6.07, 6.45) is 6.03. The van der Waals surface area contributed by atoms with E-state index in [9.17, 15) is 0 Å². The van der Waals surface area contributed by atoms with E-state index in [0.717, 1.165) is 44.5 Å². The second kappa shape index (κ2) is 7.84. The predicted molar refractivity (Wildman–Crippen MR) is 74.1 cm³/mol. The monoisotopic (exact) mass is 245 g/mol. The molecule has 1 N–H and O–H groups in total. The molecule has 0 spiro atoms. The summed E-state index contributed by atoms with van der Waals surface area (Å²) in [7, 11) is 0. The quantitative estimate of drug-likeness (QED) is 0.716. The number of aromatic nitrogens is 1. The average molecular weight is 245 g/mol. The fraction of sp³-hybridized carbons (Fsp3) is 0.600. The van der Waals surface area contributed by atoms with Crippen molar-refractivity contribution in [3.63, 3.8) is 0 Å². The average Bonchev–Trinajstić information content (AvgIpc) is 2.39. The van der Waals surface area contributed by atoms with E-state index in [4.69, 9.17) is 5.26 Å². The van der Waals surface area contributed by atoms with Crippen molar-refractivity contribution in [3.8, 4) is 6.07 Å². The van der Waals surface area contributed by atoms with Crippen molar-refractivity contribution in [1.29, 1.82) is 5.26 Å². The second-order valence-corrected chi connectivity index (χ2v) is 5.27. The molecule has 1 heterocycles. The predicted octanol–water partition coefficient (Wildman–Crippen LogP) is 2.93. The van der Waals surface area contributed by atoms with Crippen LogP contribution in [0.3, 0.4) is 0 Å². The zero-order valence-electron chi connectivity index (χ0n) is 11.4. The largest absolute Gasteiger partial charge is 0.316 e. The van der Waals surface area contributed by atoms with Crippen molar-refractivity contribution in [2.75, 3.05) is 13.1 Å². The minimum Gasteiger partial charge on any atom is -0.316 e. The van der Waals surface area contributed by atoms with Crippen LogP contribution in [0.4, 0.5) is 0 Å². The zero-order chi connectivity index (χ0) is 13.3. The molecule has 0 amide bonds. The third-order valence-corrected chi connectivity index (χ3v) is 2.99. The summed E-state index contributed by atoms with van der Waals surface area (Å²) in [5.74, 6) is 0. The van der Waals surface area contributed by atoms with Gasteiger partial charge >= 0.3 is 0 Å². The van der Waals surface area contributed by atoms with Crippen molar-refractivity contribution < 1.29 is 0 Å². The Bertz CT molecular complexity index is 365. The molecule has 3 nitrogen and oxygen atoms in total. The molecule has 0 unspecified atom stereocenters. The van der Waals surface area contributed by atoms with Crippen LogP contribution in [0, 0.1) is 16.7 Å². The minimum atomic E-state index is -0.173. The lowest BCUT2D eigenvalue weighted by molar-refractivity contribution is 0.422. The van der Waals surface area contributed by atoms with Crippen LogP contribution in [0.15, 0.2) is 24.4 Å². The smallest absolute Gasteiger partial charge is 0.0683 e. The zero-order valence-corrected chi connectivity index (χ0v) is 11.4. The van der Waals surface area contributed by atoms with Crippen LogP contribution in [0.2, 0.25) is 0 Å². The summed E-state index contributed by atoms with van der Waals surface area (Å²) in [5, 5.41) is 12.3. The summed E-state index contributed by atoms with van der Waals surface area (Å²) in [6, 6.07) is 8.35. The van der Waals surface area contributed by atoms with Gasteiger partial charge in [-0.05, 0) is 45.4 Å². The molecular formula is C15H23N3. The van der Waals surface area contributed by atoms with Crippen LogP contribution in [-0.2, 0) is 6.42 Å². The molecule has 1 aromatic heterocycles. The molecular weight excluding hydrogens is 222 g/mol. The number of hydrogen-bond donors (Lipinski definition) is 1. The van der Waals surface area contributed by atoms with E-state index < -0.39 is 0 Å². The molecule has 3 heteroatoms. The fourth-order valence-electron chi connectivity index (χ4n) is 1.76. The van der Waals surface area contributed by atoms with E-state index in [1.807, 2.05) is 32.2 Å². The van der Waals surface area contributed by atoms with E-state index in [0.29, 0.717) is 0 Å². The Morgan fingerprint density at radius 3 is 2.78 bits per heavy atom. The maximum Gasteiger partial charge on any atom is 0.0683 e. The molecule has 0 aromatic carbocycles. The van der Waals surface area contributed by atoms with Crippen molar-refractivity contribution in [2.45, 2.75) is 39.5 Å². The first-order valence-electron chi connectivity index (χ1n) is 6.66. The molecule has 0 aliphatic rings. The standard InChI is InChI=1S/C15H23N3/c1-15(2,13-16)9-4-6-10-17-12-8-14-7-3-5-11-18-14/h3,5,7,11,17H,4,6,8-10,12H2,1-2H3. The van der Waals surface area contributed by atoms with Crippen LogP contribution in [-0.4, -0.2) is 18.1 Å². The normalized spacial score (nSPS) is 11.2. The number of nitrogens with one attached hydrogen (secondary N) is 1. The summed E-state index contributed by atoms with van der Waals surface area (Å²) in [5.41, 5.74) is 0.962. The Labute approximate surface area is 110 Å². The highest BCUT2D eigenvalue weighted by Gasteiger charge is 2.14. The molecule has 0 saturated heterocycles. The minimum absolute atomic E-state index is 0.173. The molecule has 0 aliphatic carbocycles. The highest BCUT2D eigenvalue weighted by molar-refractivity contribution is 5.03. The Hall–Kier alpha value is -1.40. The van der Waals surface area contributed by atoms with Crippen molar-refractivity contribution in [3.05, 3.63) is 30.1 Å². The number of unbranched alkanes of at least 4 members (excludes halogenated alkanes) is 1. The first-order valence-corrected chi connectivity index (χ1v) is 6.66. The van der Waals surface area contributed by atoms with E-state index >= 15 is 0 Å². The lowest BCUT2D eigenvalue weighted by Crippen LogP contribution is -2.19. The van der Waals surface area contributed by atoms with Gasteiger partial charge in [0.05, 0.1) is 11.5 Å². The van der Waals surface area contributed by atoms with Crippen LogP contribution >= 0.6 is 0 Å². The van der Waals surface area contributed by atoms with Crippen LogP contribution in [0.1, 0.15) is 38.8 Å². The van der Waals surface area contributed by atoms with Gasteiger partial charge in [0.1, 0.15) is 0 Å². The Morgan fingerprint density at radius 1 is 1.28 bits per heavy atom. The molecule has 0 saturated carbocycles. The molecule has 18 heavy (non-hydrogen) atoms. The van der Waals surface area contributed by atoms with Crippen molar-refractivity contribution in [1.82, 2.24) is 10.3 Å². The van der Waals surface area contributed by atoms with Gasteiger partial charge in [0, 0.05) is 24.9 Å². The lowest BCUT2D eigenvalue weighted by Gasteiger charge is -2.14. The van der Waals surface area contributed by atoms with Gasteiger partial charge in [-0.15, -0.1) is 0 Å². The van der Waals surface area contributed by atoms with Crippen LogP contribution in [0.25, 0.3) is 0 Å². The number of pyridine rings is 1. The topological polar surface area (TPSA) is 48.7 Å². The maximum atomic E-state index is 8.89. The SMILES string of the molecule is CC(C)(C#N)CCCCNCCc1ccccn1. The summed E-state index contributed by atoms with van der Waals surface area (Å²) < 4.78 is 0. The Balaban J connectivity index is 1.98. The van der Waals surface area contributed by atoms with Gasteiger partial charge in [-0.2, -0.15) is 5.26 Å². The number of nitriles is 1. The fourth-order valence-corrected chi connectivity index (χ4v) is 1.76.